The van der Waals surface area contributed by atoms with Gasteiger partial charge in [-0.05, 0) is 89.1 Å². The number of aromatic amines is 1. The van der Waals surface area contributed by atoms with Crippen LogP contribution in [0.3, 0.4) is 0 Å². The van der Waals surface area contributed by atoms with Gasteiger partial charge in [-0.1, -0.05) is 6.07 Å². The third-order valence-corrected chi connectivity index (χ3v) is 8.01. The van der Waals surface area contributed by atoms with Gasteiger partial charge in [-0.15, -0.1) is 0 Å². The van der Waals surface area contributed by atoms with Crippen molar-refractivity contribution in [3.05, 3.63) is 72.6 Å². The van der Waals surface area contributed by atoms with Gasteiger partial charge in [0.1, 0.15) is 10.6 Å². The lowest BCUT2D eigenvalue weighted by Crippen LogP contribution is -2.60. The predicted molar refractivity (Wildman–Crippen MR) is 158 cm³/mol. The summed E-state index contributed by atoms with van der Waals surface area (Å²) in [7, 11) is -4.07. The molecule has 0 bridgehead atoms. The Balaban J connectivity index is 1.21. The summed E-state index contributed by atoms with van der Waals surface area (Å²) in [5.74, 6) is 0.329. The van der Waals surface area contributed by atoms with Crippen molar-refractivity contribution in [2.45, 2.75) is 69.1 Å². The predicted octanol–water partition coefficient (Wildman–Crippen LogP) is 4.77. The van der Waals surface area contributed by atoms with E-state index >= 15 is 0 Å². The molecule has 2 aromatic heterocycles. The molecule has 3 heterocycles. The van der Waals surface area contributed by atoms with Gasteiger partial charge in [0.25, 0.3) is 0 Å². The smallest absolute Gasteiger partial charge is 0.339 e. The highest BCUT2D eigenvalue weighted by Crippen LogP contribution is 2.31. The summed E-state index contributed by atoms with van der Waals surface area (Å²) < 4.78 is 31.4. The molecule has 12 heteroatoms. The van der Waals surface area contributed by atoms with Gasteiger partial charge in [0.15, 0.2) is 0 Å². The number of urea groups is 1. The van der Waals surface area contributed by atoms with Gasteiger partial charge in [-0.2, -0.15) is 8.42 Å². The first kappa shape index (κ1) is 28.4. The van der Waals surface area contributed by atoms with E-state index in [0.29, 0.717) is 11.0 Å². The van der Waals surface area contributed by atoms with E-state index in [1.165, 1.54) is 24.3 Å². The van der Waals surface area contributed by atoms with E-state index in [1.54, 1.807) is 36.5 Å². The summed E-state index contributed by atoms with van der Waals surface area (Å²) in [6.45, 7) is 9.02. The van der Waals surface area contributed by atoms with E-state index in [4.69, 9.17) is 4.18 Å². The first-order valence-corrected chi connectivity index (χ1v) is 14.8. The monoisotopic (exact) mass is 577 g/mol. The summed E-state index contributed by atoms with van der Waals surface area (Å²) in [6.07, 6.45) is 3.54. The lowest BCUT2D eigenvalue weighted by atomic mass is 9.79. The number of nitrogens with zero attached hydrogens (tertiary/aromatic N) is 2. The van der Waals surface area contributed by atoms with Crippen molar-refractivity contribution in [2.75, 3.05) is 10.6 Å². The fourth-order valence-electron chi connectivity index (χ4n) is 5.48. The van der Waals surface area contributed by atoms with Crippen LogP contribution < -0.4 is 25.5 Å². The molecule has 11 nitrogen and oxygen atoms in total. The zero-order valence-electron chi connectivity index (χ0n) is 23.5. The van der Waals surface area contributed by atoms with Crippen LogP contribution in [0.4, 0.5) is 16.4 Å². The number of hydrogen-bond acceptors (Lipinski definition) is 8. The molecule has 0 atom stereocenters. The molecule has 2 amide bonds. The van der Waals surface area contributed by atoms with E-state index in [9.17, 15) is 13.2 Å². The Hall–Kier alpha value is -4.16. The normalized spacial score (nSPS) is 16.7. The summed E-state index contributed by atoms with van der Waals surface area (Å²) in [6, 6.07) is 16.5. The maximum absolute atomic E-state index is 13.0. The highest BCUT2D eigenvalue weighted by Gasteiger charge is 2.37. The third kappa shape index (κ3) is 7.33. The van der Waals surface area contributed by atoms with Crippen LogP contribution in [0.25, 0.3) is 11.0 Å². The molecule has 0 aliphatic carbocycles. The van der Waals surface area contributed by atoms with E-state index in [0.717, 1.165) is 24.2 Å². The van der Waals surface area contributed by atoms with Crippen molar-refractivity contribution >= 4 is 38.8 Å². The number of fused-ring (bicyclic) bond motifs is 1. The zero-order chi connectivity index (χ0) is 29.3. The number of carbonyl (C=O) groups excluding carboxylic acids is 1. The van der Waals surface area contributed by atoms with Crippen molar-refractivity contribution in [1.29, 1.82) is 0 Å². The number of imidazole rings is 1. The molecular weight excluding hydrogens is 542 g/mol. The molecule has 5 N–H and O–H groups in total. The van der Waals surface area contributed by atoms with Crippen LogP contribution in [0, 0.1) is 0 Å². The van der Waals surface area contributed by atoms with Gasteiger partial charge in [0.2, 0.25) is 5.95 Å². The number of piperidine rings is 1. The van der Waals surface area contributed by atoms with Crippen LogP contribution in [-0.4, -0.2) is 46.5 Å². The molecule has 0 spiro atoms. The fourth-order valence-corrected chi connectivity index (χ4v) is 6.40. The second kappa shape index (κ2) is 11.0. The Kier molecular flexibility index (Phi) is 7.62. The number of amides is 2. The SMILES string of the molecule is CC1(C)CC(Nc2ccc(S(=O)(=O)Oc3ccc4nc(NC(=O)NCc5ccccn5)[nH]c4c3)cc2)CC(C)(C)N1. The average Bonchev–Trinajstić information content (AvgIpc) is 3.27. The number of hydrogen-bond donors (Lipinski definition) is 5. The molecule has 4 aromatic rings. The van der Waals surface area contributed by atoms with Gasteiger partial charge in [0, 0.05) is 35.1 Å². The van der Waals surface area contributed by atoms with Crippen molar-refractivity contribution in [3.8, 4) is 5.75 Å². The van der Waals surface area contributed by atoms with E-state index < -0.39 is 16.1 Å². The summed E-state index contributed by atoms with van der Waals surface area (Å²) in [5, 5.41) is 12.5. The van der Waals surface area contributed by atoms with Gasteiger partial charge in [-0.3, -0.25) is 10.3 Å². The molecular formula is C29H35N7O4S. The second-order valence-electron chi connectivity index (χ2n) is 11.6. The molecule has 216 valence electrons. The van der Waals surface area contributed by atoms with Crippen LogP contribution in [0.2, 0.25) is 0 Å². The van der Waals surface area contributed by atoms with Crippen molar-refractivity contribution in [2.24, 2.45) is 0 Å². The lowest BCUT2D eigenvalue weighted by molar-refractivity contribution is 0.170. The van der Waals surface area contributed by atoms with Crippen molar-refractivity contribution in [3.63, 3.8) is 0 Å². The number of nitrogens with one attached hydrogen (secondary N) is 5. The average molecular weight is 578 g/mol. The topological polar surface area (TPSA) is 150 Å². The summed E-state index contributed by atoms with van der Waals surface area (Å²) in [4.78, 5) is 23.7. The molecule has 0 saturated carbocycles. The molecule has 0 unspecified atom stereocenters. The quantitative estimate of drug-likeness (QED) is 0.188. The van der Waals surface area contributed by atoms with E-state index in [1.807, 2.05) is 6.07 Å². The minimum Gasteiger partial charge on any atom is -0.382 e. The van der Waals surface area contributed by atoms with E-state index in [2.05, 4.69) is 63.9 Å². The molecule has 1 aliphatic rings. The van der Waals surface area contributed by atoms with E-state index in [-0.39, 0.29) is 40.3 Å². The Labute approximate surface area is 239 Å². The standard InChI is InChI=1S/C29H35N7O4S/c1-28(2)16-21(17-29(3,4)36-28)32-19-8-11-23(12-9-19)41(38,39)40-22-10-13-24-25(15-22)34-26(33-24)35-27(37)31-18-20-7-5-6-14-30-20/h5-15,21,32,36H,16-18H2,1-4H3,(H3,31,33,34,35,37). The van der Waals surface area contributed by atoms with Gasteiger partial charge in [0.05, 0.1) is 23.3 Å². The van der Waals surface area contributed by atoms with Gasteiger partial charge < -0.3 is 25.1 Å². The summed E-state index contributed by atoms with van der Waals surface area (Å²) >= 11 is 0. The molecule has 1 saturated heterocycles. The Morgan fingerprint density at radius 3 is 2.44 bits per heavy atom. The maximum atomic E-state index is 13.0. The van der Waals surface area contributed by atoms with Gasteiger partial charge >= 0.3 is 16.1 Å². The van der Waals surface area contributed by atoms with Crippen molar-refractivity contribution < 1.29 is 17.4 Å². The largest absolute Gasteiger partial charge is 0.382 e. The zero-order valence-corrected chi connectivity index (χ0v) is 24.3. The number of benzene rings is 2. The third-order valence-electron chi connectivity index (χ3n) is 6.75. The molecule has 1 fully saturated rings. The number of H-pyrrole nitrogens is 1. The van der Waals surface area contributed by atoms with Crippen LogP contribution in [0.5, 0.6) is 5.75 Å². The molecule has 1 aliphatic heterocycles. The number of aromatic nitrogens is 3. The molecule has 5 rings (SSSR count). The van der Waals surface area contributed by atoms with Crippen molar-refractivity contribution in [1.82, 2.24) is 25.6 Å². The number of carbonyl (C=O) groups is 1. The highest BCUT2D eigenvalue weighted by atomic mass is 32.2. The lowest BCUT2D eigenvalue weighted by Gasteiger charge is -2.47. The first-order chi connectivity index (χ1) is 19.4. The Bertz CT molecular complexity index is 1620. The second-order valence-corrected chi connectivity index (χ2v) is 13.1. The summed E-state index contributed by atoms with van der Waals surface area (Å²) in [5.41, 5.74) is 2.60. The molecule has 2 aromatic carbocycles. The Morgan fingerprint density at radius 1 is 1.02 bits per heavy atom. The first-order valence-electron chi connectivity index (χ1n) is 13.4. The van der Waals surface area contributed by atoms with Crippen LogP contribution in [-0.2, 0) is 16.7 Å². The molecule has 0 radical (unpaired) electrons. The minimum absolute atomic E-state index is 0.00435. The van der Waals surface area contributed by atoms with Crippen LogP contribution in [0.15, 0.2) is 71.8 Å². The minimum atomic E-state index is -4.07. The van der Waals surface area contributed by atoms with Gasteiger partial charge in [-0.25, -0.2) is 9.78 Å². The van der Waals surface area contributed by atoms with Crippen LogP contribution in [0.1, 0.15) is 46.2 Å². The maximum Gasteiger partial charge on any atom is 0.339 e. The Morgan fingerprint density at radius 2 is 1.76 bits per heavy atom. The highest BCUT2D eigenvalue weighted by molar-refractivity contribution is 7.87. The number of anilines is 2. The number of rotatable bonds is 8. The molecule has 41 heavy (non-hydrogen) atoms. The number of pyridine rings is 1. The fraction of sp³-hybridized carbons (Fsp3) is 0.345. The van der Waals surface area contributed by atoms with Crippen LogP contribution >= 0.6 is 0 Å².